The Kier molecular flexibility index (Phi) is 6.80. The quantitative estimate of drug-likeness (QED) is 0.700. The van der Waals surface area contributed by atoms with Gasteiger partial charge in [-0.05, 0) is 58.2 Å². The normalized spacial score (nSPS) is 17.4. The van der Waals surface area contributed by atoms with E-state index < -0.39 is 15.9 Å². The third-order valence-corrected chi connectivity index (χ3v) is 7.53. The second-order valence-corrected chi connectivity index (χ2v) is 9.61. The van der Waals surface area contributed by atoms with Gasteiger partial charge in [-0.1, -0.05) is 11.2 Å². The number of benzene rings is 1. The Hall–Kier alpha value is -2.72. The first-order valence-electron chi connectivity index (χ1n) is 10.3. The van der Waals surface area contributed by atoms with Crippen LogP contribution in [0.4, 0.5) is 5.69 Å². The summed E-state index contributed by atoms with van der Waals surface area (Å²) in [5.41, 5.74) is 2.12. The summed E-state index contributed by atoms with van der Waals surface area (Å²) < 4.78 is 32.5. The smallest absolute Gasteiger partial charge is 0.251 e. The largest absolute Gasteiger partial charge is 0.360 e. The fraction of sp³-hybridized carbons (Fsp3) is 0.476. The average Bonchev–Trinajstić information content (AvgIpc) is 3.08. The summed E-state index contributed by atoms with van der Waals surface area (Å²) in [6, 6.07) is 5.11. The van der Waals surface area contributed by atoms with E-state index >= 15 is 0 Å². The number of nitrogens with one attached hydrogen (secondary N) is 2. The molecule has 1 unspecified atom stereocenters. The first kappa shape index (κ1) is 23.0. The number of amides is 2. The van der Waals surface area contributed by atoms with E-state index in [4.69, 9.17) is 4.52 Å². The number of carbonyl (C=O) groups is 2. The van der Waals surface area contributed by atoms with E-state index in [1.54, 1.807) is 32.0 Å². The van der Waals surface area contributed by atoms with Gasteiger partial charge in [-0.2, -0.15) is 4.31 Å². The van der Waals surface area contributed by atoms with Gasteiger partial charge in [0.05, 0.1) is 5.92 Å². The second-order valence-electron chi connectivity index (χ2n) is 7.73. The molecular weight excluding hydrogens is 420 g/mol. The molecule has 1 aromatic heterocycles. The molecule has 0 spiro atoms. The van der Waals surface area contributed by atoms with Crippen LogP contribution in [-0.2, 0) is 14.8 Å². The van der Waals surface area contributed by atoms with E-state index in [-0.39, 0.29) is 29.0 Å². The predicted molar refractivity (Wildman–Crippen MR) is 115 cm³/mol. The summed E-state index contributed by atoms with van der Waals surface area (Å²) in [6.07, 6.45) is 1.15. The van der Waals surface area contributed by atoms with E-state index in [9.17, 15) is 18.0 Å². The highest BCUT2D eigenvalue weighted by atomic mass is 32.2. The number of rotatable bonds is 6. The maximum atomic E-state index is 13.1. The summed E-state index contributed by atoms with van der Waals surface area (Å²) in [4.78, 5) is 25.1. The highest BCUT2D eigenvalue weighted by molar-refractivity contribution is 7.89. The van der Waals surface area contributed by atoms with Crippen molar-refractivity contribution in [2.24, 2.45) is 5.92 Å². The van der Waals surface area contributed by atoms with Gasteiger partial charge >= 0.3 is 0 Å². The number of carbonyl (C=O) groups excluding carboxylic acids is 2. The van der Waals surface area contributed by atoms with Crippen LogP contribution in [0.3, 0.4) is 0 Å². The van der Waals surface area contributed by atoms with Crippen LogP contribution in [0.2, 0.25) is 0 Å². The summed E-state index contributed by atoms with van der Waals surface area (Å²) in [5, 5.41) is 9.35. The van der Waals surface area contributed by atoms with Crippen LogP contribution in [-0.4, -0.2) is 49.3 Å². The fourth-order valence-corrected chi connectivity index (χ4v) is 5.56. The molecule has 1 fully saturated rings. The molecule has 0 saturated carbocycles. The minimum Gasteiger partial charge on any atom is -0.360 e. The van der Waals surface area contributed by atoms with Gasteiger partial charge in [0.25, 0.3) is 5.91 Å². The fourth-order valence-electron chi connectivity index (χ4n) is 3.74. The van der Waals surface area contributed by atoms with Gasteiger partial charge in [-0.3, -0.25) is 9.59 Å². The summed E-state index contributed by atoms with van der Waals surface area (Å²) >= 11 is 0. The molecule has 0 aliphatic carbocycles. The lowest BCUT2D eigenvalue weighted by Crippen LogP contribution is -2.44. The van der Waals surface area contributed by atoms with Crippen LogP contribution in [0.5, 0.6) is 0 Å². The summed E-state index contributed by atoms with van der Waals surface area (Å²) in [7, 11) is -3.81. The highest BCUT2D eigenvalue weighted by Crippen LogP contribution is 2.28. The minimum absolute atomic E-state index is 0.0686. The van der Waals surface area contributed by atoms with Gasteiger partial charge in [0.15, 0.2) is 5.76 Å². The first-order chi connectivity index (χ1) is 14.6. The zero-order chi connectivity index (χ0) is 22.8. The lowest BCUT2D eigenvalue weighted by Gasteiger charge is -2.31. The van der Waals surface area contributed by atoms with Crippen molar-refractivity contribution in [3.63, 3.8) is 0 Å². The van der Waals surface area contributed by atoms with Crippen molar-refractivity contribution >= 4 is 27.5 Å². The monoisotopic (exact) mass is 448 g/mol. The molecule has 9 nitrogen and oxygen atoms in total. The standard InChI is InChI=1S/C21H28N4O5S/c1-5-22-20(26)16-9-8-13(2)18(11-16)23-21(27)17-7-6-10-25(12-17)31(28,29)19-14(3)24-30-15(19)4/h8-9,11,17H,5-7,10,12H2,1-4H3,(H,22,26)(H,23,27). The zero-order valence-corrected chi connectivity index (χ0v) is 19.0. The first-order valence-corrected chi connectivity index (χ1v) is 11.7. The molecule has 3 rings (SSSR count). The number of piperidine rings is 1. The van der Waals surface area contributed by atoms with Crippen LogP contribution in [0.25, 0.3) is 0 Å². The number of aryl methyl sites for hydroxylation is 3. The van der Waals surface area contributed by atoms with Crippen molar-refractivity contribution in [3.8, 4) is 0 Å². The highest BCUT2D eigenvalue weighted by Gasteiger charge is 2.36. The van der Waals surface area contributed by atoms with Gasteiger partial charge in [-0.25, -0.2) is 8.42 Å². The lowest BCUT2D eigenvalue weighted by molar-refractivity contribution is -0.120. The van der Waals surface area contributed by atoms with Crippen LogP contribution in [0.1, 0.15) is 47.1 Å². The van der Waals surface area contributed by atoms with Crippen molar-refractivity contribution in [2.45, 2.75) is 45.4 Å². The number of anilines is 1. The molecule has 1 aliphatic heterocycles. The molecule has 2 N–H and O–H groups in total. The second kappa shape index (κ2) is 9.19. The number of hydrogen-bond donors (Lipinski definition) is 2. The Morgan fingerprint density at radius 1 is 1.26 bits per heavy atom. The molecule has 10 heteroatoms. The average molecular weight is 449 g/mol. The van der Waals surface area contributed by atoms with Crippen LogP contribution < -0.4 is 10.6 Å². The number of aromatic nitrogens is 1. The lowest BCUT2D eigenvalue weighted by atomic mass is 9.98. The SMILES string of the molecule is CCNC(=O)c1ccc(C)c(NC(=O)C2CCCN(S(=O)(=O)c3c(C)noc3C)C2)c1. The number of nitrogens with zero attached hydrogens (tertiary/aromatic N) is 2. The third-order valence-electron chi connectivity index (χ3n) is 5.42. The molecule has 2 heterocycles. The topological polar surface area (TPSA) is 122 Å². The molecule has 1 saturated heterocycles. The van der Waals surface area contributed by atoms with Crippen LogP contribution >= 0.6 is 0 Å². The van der Waals surface area contributed by atoms with Crippen LogP contribution in [0, 0.1) is 26.7 Å². The van der Waals surface area contributed by atoms with Crippen molar-refractivity contribution in [3.05, 3.63) is 40.8 Å². The zero-order valence-electron chi connectivity index (χ0n) is 18.2. The molecule has 168 valence electrons. The molecule has 1 aliphatic rings. The molecular formula is C21H28N4O5S. The molecule has 0 bridgehead atoms. The molecule has 0 radical (unpaired) electrons. The Bertz CT molecular complexity index is 1070. The Labute approximate surface area is 182 Å². The third kappa shape index (κ3) is 4.80. The van der Waals surface area contributed by atoms with E-state index in [2.05, 4.69) is 15.8 Å². The van der Waals surface area contributed by atoms with Gasteiger partial charge in [0.2, 0.25) is 15.9 Å². The molecule has 31 heavy (non-hydrogen) atoms. The summed E-state index contributed by atoms with van der Waals surface area (Å²) in [5.74, 6) is -0.749. The number of sulfonamides is 1. The molecule has 1 aromatic carbocycles. The number of hydrogen-bond acceptors (Lipinski definition) is 6. The van der Waals surface area contributed by atoms with Crippen molar-refractivity contribution in [2.75, 3.05) is 25.0 Å². The summed E-state index contributed by atoms with van der Waals surface area (Å²) in [6.45, 7) is 7.74. The van der Waals surface area contributed by atoms with Gasteiger partial charge < -0.3 is 15.2 Å². The maximum Gasteiger partial charge on any atom is 0.251 e. The van der Waals surface area contributed by atoms with E-state index in [0.29, 0.717) is 42.9 Å². The maximum absolute atomic E-state index is 13.1. The molecule has 1 atom stereocenters. The predicted octanol–water partition coefficient (Wildman–Crippen LogP) is 2.39. The van der Waals surface area contributed by atoms with E-state index in [1.807, 2.05) is 13.8 Å². The van der Waals surface area contributed by atoms with Crippen LogP contribution in [0.15, 0.2) is 27.6 Å². The van der Waals surface area contributed by atoms with E-state index in [1.165, 1.54) is 4.31 Å². The van der Waals surface area contributed by atoms with Crippen molar-refractivity contribution < 1.29 is 22.5 Å². The van der Waals surface area contributed by atoms with Crippen molar-refractivity contribution in [1.29, 1.82) is 0 Å². The minimum atomic E-state index is -3.81. The Balaban J connectivity index is 1.76. The van der Waals surface area contributed by atoms with Gasteiger partial charge in [-0.15, -0.1) is 0 Å². The van der Waals surface area contributed by atoms with Gasteiger partial charge in [0, 0.05) is 30.9 Å². The van der Waals surface area contributed by atoms with Crippen molar-refractivity contribution in [1.82, 2.24) is 14.8 Å². The Morgan fingerprint density at radius 2 is 2.00 bits per heavy atom. The van der Waals surface area contributed by atoms with E-state index in [0.717, 1.165) is 5.56 Å². The molecule has 2 amide bonds. The Morgan fingerprint density at radius 3 is 2.65 bits per heavy atom. The molecule has 2 aromatic rings. The van der Waals surface area contributed by atoms with Gasteiger partial charge in [0.1, 0.15) is 10.6 Å².